The summed E-state index contributed by atoms with van der Waals surface area (Å²) in [5.74, 6) is 0.981. The maximum atomic E-state index is 4.10. The molecule has 0 heterocycles. The van der Waals surface area contributed by atoms with Crippen LogP contribution in [0.2, 0.25) is 0 Å². The molecule has 0 atom stereocenters. The molecule has 0 saturated heterocycles. The number of hydrogen-bond acceptors (Lipinski definition) is 1. The van der Waals surface area contributed by atoms with E-state index in [1.165, 1.54) is 11.1 Å². The van der Waals surface area contributed by atoms with E-state index in [0.29, 0.717) is 0 Å². The average Bonchev–Trinajstić information content (AvgIpc) is 2.38. The number of thioether (sulfide) groups is 1. The lowest BCUT2D eigenvalue weighted by molar-refractivity contribution is 1.42. The van der Waals surface area contributed by atoms with E-state index in [1.807, 2.05) is 24.3 Å². The highest BCUT2D eigenvalue weighted by atomic mass is 32.2. The van der Waals surface area contributed by atoms with Crippen molar-refractivity contribution in [1.82, 2.24) is 0 Å². The van der Waals surface area contributed by atoms with Crippen LogP contribution in [0.15, 0.2) is 67.2 Å². The molecule has 0 aromatic heterocycles. The number of hydrogen-bond donors (Lipinski definition) is 0. The summed E-state index contributed by atoms with van der Waals surface area (Å²) >= 11 is 1.79. The minimum Gasteiger partial charge on any atom is -0.121 e. The van der Waals surface area contributed by atoms with Crippen LogP contribution in [-0.2, 0) is 5.75 Å². The Morgan fingerprint density at radius 1 is 0.875 bits per heavy atom. The Labute approximate surface area is 101 Å². The summed E-state index contributed by atoms with van der Waals surface area (Å²) in [5.41, 5.74) is 2.55. The first-order chi connectivity index (χ1) is 7.86. The van der Waals surface area contributed by atoms with Gasteiger partial charge in [-0.25, -0.2) is 0 Å². The molecule has 1 heteroatoms. The van der Waals surface area contributed by atoms with Crippen molar-refractivity contribution < 1.29 is 0 Å². The van der Waals surface area contributed by atoms with Crippen LogP contribution in [0, 0.1) is 0 Å². The van der Waals surface area contributed by atoms with E-state index >= 15 is 0 Å². The van der Waals surface area contributed by atoms with Crippen molar-refractivity contribution in [3.8, 4) is 0 Å². The summed E-state index contributed by atoms with van der Waals surface area (Å²) in [6.45, 7) is 4.10. The summed E-state index contributed by atoms with van der Waals surface area (Å²) in [6.07, 6.45) is 0. The van der Waals surface area contributed by atoms with Crippen LogP contribution >= 0.6 is 11.8 Å². The second kappa shape index (κ2) is 5.57. The van der Waals surface area contributed by atoms with Crippen molar-refractivity contribution >= 4 is 16.7 Å². The van der Waals surface area contributed by atoms with E-state index in [-0.39, 0.29) is 0 Å². The minimum atomic E-state index is 0.981. The molecule has 0 bridgehead atoms. The van der Waals surface area contributed by atoms with Crippen molar-refractivity contribution in [2.45, 2.75) is 5.75 Å². The van der Waals surface area contributed by atoms with E-state index in [1.54, 1.807) is 11.8 Å². The van der Waals surface area contributed by atoms with Crippen LogP contribution in [0.4, 0.5) is 0 Å². The molecule has 0 radical (unpaired) electrons. The number of benzene rings is 2. The van der Waals surface area contributed by atoms with Gasteiger partial charge in [0.2, 0.25) is 0 Å². The molecule has 0 saturated carbocycles. The maximum Gasteiger partial charge on any atom is 0.0231 e. The van der Waals surface area contributed by atoms with Gasteiger partial charge in [0, 0.05) is 10.7 Å². The van der Waals surface area contributed by atoms with Gasteiger partial charge in [0.1, 0.15) is 0 Å². The van der Waals surface area contributed by atoms with Gasteiger partial charge in [-0.3, -0.25) is 0 Å². The molecular formula is C15H14S. The third-order valence-electron chi connectivity index (χ3n) is 2.35. The maximum absolute atomic E-state index is 4.10. The highest BCUT2D eigenvalue weighted by Gasteiger charge is 1.99. The van der Waals surface area contributed by atoms with Crippen LogP contribution < -0.4 is 0 Å². The van der Waals surface area contributed by atoms with Crippen molar-refractivity contribution in [1.29, 1.82) is 0 Å². The van der Waals surface area contributed by atoms with E-state index in [0.717, 1.165) is 10.7 Å². The first-order valence-corrected chi connectivity index (χ1v) is 6.26. The summed E-state index contributed by atoms with van der Waals surface area (Å²) in [5, 5.41) is 0. The van der Waals surface area contributed by atoms with Gasteiger partial charge in [-0.1, -0.05) is 67.2 Å². The molecule has 2 rings (SSSR count). The molecule has 0 aliphatic rings. The van der Waals surface area contributed by atoms with E-state index in [4.69, 9.17) is 0 Å². The monoisotopic (exact) mass is 226 g/mol. The lowest BCUT2D eigenvalue weighted by Gasteiger charge is -2.05. The van der Waals surface area contributed by atoms with Gasteiger partial charge in [-0.05, 0) is 11.1 Å². The van der Waals surface area contributed by atoms with Gasteiger partial charge >= 0.3 is 0 Å². The standard InChI is InChI=1S/C15H14S/c1-13(15-10-6-3-7-11-15)16-12-14-8-4-2-5-9-14/h2-11H,1,12H2. The molecule has 0 nitrogen and oxygen atoms in total. The van der Waals surface area contributed by atoms with Crippen molar-refractivity contribution in [2.24, 2.45) is 0 Å². The first-order valence-electron chi connectivity index (χ1n) is 5.27. The second-order valence-corrected chi connectivity index (χ2v) is 4.63. The van der Waals surface area contributed by atoms with Gasteiger partial charge < -0.3 is 0 Å². The Kier molecular flexibility index (Phi) is 3.84. The van der Waals surface area contributed by atoms with Crippen LogP contribution in [0.5, 0.6) is 0 Å². The first kappa shape index (κ1) is 11.0. The Morgan fingerprint density at radius 3 is 2.06 bits per heavy atom. The second-order valence-electron chi connectivity index (χ2n) is 3.56. The molecule has 0 aliphatic carbocycles. The zero-order chi connectivity index (χ0) is 11.2. The van der Waals surface area contributed by atoms with E-state index < -0.39 is 0 Å². The van der Waals surface area contributed by atoms with Crippen LogP contribution in [0.25, 0.3) is 4.91 Å². The molecule has 80 valence electrons. The van der Waals surface area contributed by atoms with Gasteiger partial charge in [0.25, 0.3) is 0 Å². The van der Waals surface area contributed by atoms with Gasteiger partial charge in [0.15, 0.2) is 0 Å². The summed E-state index contributed by atoms with van der Waals surface area (Å²) in [6, 6.07) is 20.8. The van der Waals surface area contributed by atoms with Crippen LogP contribution in [0.1, 0.15) is 11.1 Å². The molecule has 0 unspecified atom stereocenters. The molecule has 0 amide bonds. The predicted molar refractivity (Wildman–Crippen MR) is 73.2 cm³/mol. The van der Waals surface area contributed by atoms with Crippen molar-refractivity contribution in [3.63, 3.8) is 0 Å². The fraction of sp³-hybridized carbons (Fsp3) is 0.0667. The molecule has 0 spiro atoms. The quantitative estimate of drug-likeness (QED) is 0.734. The molecule has 2 aromatic rings. The van der Waals surface area contributed by atoms with Crippen molar-refractivity contribution in [2.75, 3.05) is 0 Å². The Morgan fingerprint density at radius 2 is 1.44 bits per heavy atom. The third kappa shape index (κ3) is 3.01. The Bertz CT molecular complexity index is 445. The zero-order valence-corrected chi connectivity index (χ0v) is 9.91. The highest BCUT2D eigenvalue weighted by Crippen LogP contribution is 2.28. The van der Waals surface area contributed by atoms with Gasteiger partial charge in [-0.2, -0.15) is 0 Å². The molecule has 0 N–H and O–H groups in total. The average molecular weight is 226 g/mol. The molecule has 16 heavy (non-hydrogen) atoms. The van der Waals surface area contributed by atoms with Gasteiger partial charge in [0.05, 0.1) is 0 Å². The predicted octanol–water partition coefficient (Wildman–Crippen LogP) is 4.59. The molecule has 2 aromatic carbocycles. The third-order valence-corrected chi connectivity index (χ3v) is 3.41. The fourth-order valence-corrected chi connectivity index (χ4v) is 2.29. The normalized spacial score (nSPS) is 10.0. The van der Waals surface area contributed by atoms with Gasteiger partial charge in [-0.15, -0.1) is 11.8 Å². The molecular weight excluding hydrogens is 212 g/mol. The smallest absolute Gasteiger partial charge is 0.0231 e. The van der Waals surface area contributed by atoms with Crippen LogP contribution in [0.3, 0.4) is 0 Å². The van der Waals surface area contributed by atoms with Crippen molar-refractivity contribution in [3.05, 3.63) is 78.4 Å². The summed E-state index contributed by atoms with van der Waals surface area (Å²) in [7, 11) is 0. The largest absolute Gasteiger partial charge is 0.121 e. The van der Waals surface area contributed by atoms with Crippen LogP contribution in [-0.4, -0.2) is 0 Å². The topological polar surface area (TPSA) is 0 Å². The minimum absolute atomic E-state index is 0.981. The zero-order valence-electron chi connectivity index (χ0n) is 9.10. The summed E-state index contributed by atoms with van der Waals surface area (Å²) in [4.78, 5) is 1.13. The Balaban J connectivity index is 1.95. The lowest BCUT2D eigenvalue weighted by atomic mass is 10.2. The highest BCUT2D eigenvalue weighted by molar-refractivity contribution is 8.07. The summed E-state index contributed by atoms with van der Waals surface area (Å²) < 4.78 is 0. The SMILES string of the molecule is C=C(SCc1ccccc1)c1ccccc1. The molecule has 0 fully saturated rings. The Hall–Kier alpha value is -1.47. The molecule has 0 aliphatic heterocycles. The lowest BCUT2D eigenvalue weighted by Crippen LogP contribution is -1.81. The number of rotatable bonds is 4. The van der Waals surface area contributed by atoms with E-state index in [2.05, 4.69) is 43.0 Å². The fourth-order valence-electron chi connectivity index (χ4n) is 1.45. The van der Waals surface area contributed by atoms with E-state index in [9.17, 15) is 0 Å².